The van der Waals surface area contributed by atoms with Crippen LogP contribution in [-0.2, 0) is 0 Å². The van der Waals surface area contributed by atoms with E-state index in [1.54, 1.807) is 12.1 Å². The van der Waals surface area contributed by atoms with Gasteiger partial charge in [0.05, 0.1) is 17.3 Å². The van der Waals surface area contributed by atoms with Crippen molar-refractivity contribution < 1.29 is 4.39 Å². The molecule has 0 unspecified atom stereocenters. The van der Waals surface area contributed by atoms with E-state index in [0.29, 0.717) is 17.8 Å². The SMILES string of the molecule is CCCNCCNc1ccc(C#N)cc1F. The molecule has 16 heavy (non-hydrogen) atoms. The standard InChI is InChI=1S/C12H16FN3/c1-2-5-15-6-7-16-12-4-3-10(9-14)8-11(12)13/h3-4,8,15-16H,2,5-7H2,1H3. The van der Waals surface area contributed by atoms with Gasteiger partial charge in [0.2, 0.25) is 0 Å². The molecule has 86 valence electrons. The van der Waals surface area contributed by atoms with Crippen LogP contribution in [0.25, 0.3) is 0 Å². The van der Waals surface area contributed by atoms with Crippen molar-refractivity contribution in [1.82, 2.24) is 5.32 Å². The Bertz CT molecular complexity index is 371. The Balaban J connectivity index is 2.40. The van der Waals surface area contributed by atoms with Gasteiger partial charge < -0.3 is 10.6 Å². The summed E-state index contributed by atoms with van der Waals surface area (Å²) in [6.45, 7) is 4.54. The molecule has 0 atom stereocenters. The van der Waals surface area contributed by atoms with E-state index in [2.05, 4.69) is 17.6 Å². The first-order chi connectivity index (χ1) is 7.77. The fraction of sp³-hybridized carbons (Fsp3) is 0.417. The average Bonchev–Trinajstić information content (AvgIpc) is 2.30. The van der Waals surface area contributed by atoms with E-state index >= 15 is 0 Å². The van der Waals surface area contributed by atoms with Gasteiger partial charge in [0.1, 0.15) is 5.82 Å². The second kappa shape index (κ2) is 6.81. The highest BCUT2D eigenvalue weighted by Gasteiger charge is 2.01. The number of hydrogen-bond donors (Lipinski definition) is 2. The van der Waals surface area contributed by atoms with E-state index in [1.807, 2.05) is 6.07 Å². The highest BCUT2D eigenvalue weighted by Crippen LogP contribution is 2.14. The van der Waals surface area contributed by atoms with Gasteiger partial charge in [-0.2, -0.15) is 5.26 Å². The molecule has 0 spiro atoms. The number of halogens is 1. The van der Waals surface area contributed by atoms with Gasteiger partial charge in [-0.25, -0.2) is 4.39 Å². The molecule has 2 N–H and O–H groups in total. The van der Waals surface area contributed by atoms with Crippen LogP contribution in [0.2, 0.25) is 0 Å². The van der Waals surface area contributed by atoms with Crippen molar-refractivity contribution in [3.05, 3.63) is 29.6 Å². The number of benzene rings is 1. The zero-order valence-corrected chi connectivity index (χ0v) is 9.39. The molecule has 3 nitrogen and oxygen atoms in total. The monoisotopic (exact) mass is 221 g/mol. The Morgan fingerprint density at radius 1 is 1.31 bits per heavy atom. The van der Waals surface area contributed by atoms with E-state index in [1.165, 1.54) is 6.07 Å². The van der Waals surface area contributed by atoms with Gasteiger partial charge in [-0.05, 0) is 31.2 Å². The Hall–Kier alpha value is -1.60. The van der Waals surface area contributed by atoms with E-state index in [9.17, 15) is 4.39 Å². The molecule has 0 bridgehead atoms. The maximum absolute atomic E-state index is 13.4. The summed E-state index contributed by atoms with van der Waals surface area (Å²) in [5.41, 5.74) is 0.782. The maximum atomic E-state index is 13.4. The Kier molecular flexibility index (Phi) is 5.30. The van der Waals surface area contributed by atoms with E-state index < -0.39 is 0 Å². The largest absolute Gasteiger partial charge is 0.381 e. The number of rotatable bonds is 6. The third kappa shape index (κ3) is 3.87. The lowest BCUT2D eigenvalue weighted by molar-refractivity contribution is 0.627. The molecular weight excluding hydrogens is 205 g/mol. The van der Waals surface area contributed by atoms with Crippen molar-refractivity contribution in [3.8, 4) is 6.07 Å². The van der Waals surface area contributed by atoms with E-state index in [0.717, 1.165) is 19.5 Å². The fourth-order valence-corrected chi connectivity index (χ4v) is 1.32. The summed E-state index contributed by atoms with van der Waals surface area (Å²) in [5.74, 6) is -0.380. The summed E-state index contributed by atoms with van der Waals surface area (Å²) in [4.78, 5) is 0. The predicted octanol–water partition coefficient (Wildman–Crippen LogP) is 2.11. The van der Waals surface area contributed by atoms with Crippen LogP contribution in [0.3, 0.4) is 0 Å². The van der Waals surface area contributed by atoms with Crippen molar-refractivity contribution in [2.75, 3.05) is 25.0 Å². The van der Waals surface area contributed by atoms with E-state index in [4.69, 9.17) is 5.26 Å². The summed E-state index contributed by atoms with van der Waals surface area (Å²) < 4.78 is 13.4. The molecular formula is C12H16FN3. The minimum atomic E-state index is -0.380. The normalized spacial score (nSPS) is 9.81. The molecule has 0 saturated heterocycles. The van der Waals surface area contributed by atoms with Crippen LogP contribution in [-0.4, -0.2) is 19.6 Å². The van der Waals surface area contributed by atoms with Crippen molar-refractivity contribution >= 4 is 5.69 Å². The van der Waals surface area contributed by atoms with Gasteiger partial charge in [0, 0.05) is 13.1 Å². The Morgan fingerprint density at radius 2 is 2.12 bits per heavy atom. The van der Waals surface area contributed by atoms with Gasteiger partial charge in [-0.1, -0.05) is 6.92 Å². The van der Waals surface area contributed by atoms with Gasteiger partial charge in [0.15, 0.2) is 0 Å². The first kappa shape index (κ1) is 12.5. The molecule has 0 fully saturated rings. The maximum Gasteiger partial charge on any atom is 0.147 e. The highest BCUT2D eigenvalue weighted by atomic mass is 19.1. The summed E-state index contributed by atoms with van der Waals surface area (Å²) >= 11 is 0. The van der Waals surface area contributed by atoms with Crippen molar-refractivity contribution in [3.63, 3.8) is 0 Å². The van der Waals surface area contributed by atoms with Crippen LogP contribution in [0.15, 0.2) is 18.2 Å². The molecule has 1 aromatic rings. The lowest BCUT2D eigenvalue weighted by atomic mass is 10.2. The summed E-state index contributed by atoms with van der Waals surface area (Å²) in [6, 6.07) is 6.33. The molecule has 0 aliphatic heterocycles. The van der Waals surface area contributed by atoms with E-state index in [-0.39, 0.29) is 5.82 Å². The Morgan fingerprint density at radius 3 is 2.75 bits per heavy atom. The number of hydrogen-bond acceptors (Lipinski definition) is 3. The van der Waals surface area contributed by atoms with Crippen LogP contribution in [0, 0.1) is 17.1 Å². The number of nitrogens with zero attached hydrogens (tertiary/aromatic N) is 1. The third-order valence-electron chi connectivity index (χ3n) is 2.14. The number of nitriles is 1. The fourth-order valence-electron chi connectivity index (χ4n) is 1.32. The zero-order chi connectivity index (χ0) is 11.8. The topological polar surface area (TPSA) is 47.8 Å². The van der Waals surface area contributed by atoms with Gasteiger partial charge >= 0.3 is 0 Å². The van der Waals surface area contributed by atoms with Crippen LogP contribution >= 0.6 is 0 Å². The van der Waals surface area contributed by atoms with Crippen LogP contribution in [0.1, 0.15) is 18.9 Å². The first-order valence-electron chi connectivity index (χ1n) is 5.42. The molecule has 1 rings (SSSR count). The zero-order valence-electron chi connectivity index (χ0n) is 9.39. The second-order valence-electron chi connectivity index (χ2n) is 3.48. The van der Waals surface area contributed by atoms with Crippen molar-refractivity contribution in [2.24, 2.45) is 0 Å². The van der Waals surface area contributed by atoms with Crippen LogP contribution < -0.4 is 10.6 Å². The lowest BCUT2D eigenvalue weighted by Gasteiger charge is -2.08. The lowest BCUT2D eigenvalue weighted by Crippen LogP contribution is -2.23. The summed E-state index contributed by atoms with van der Waals surface area (Å²) in [5, 5.41) is 14.8. The highest BCUT2D eigenvalue weighted by molar-refractivity contribution is 5.48. The minimum Gasteiger partial charge on any atom is -0.381 e. The van der Waals surface area contributed by atoms with Gasteiger partial charge in [0.25, 0.3) is 0 Å². The quantitative estimate of drug-likeness (QED) is 0.723. The molecule has 1 aromatic carbocycles. The third-order valence-corrected chi connectivity index (χ3v) is 2.14. The van der Waals surface area contributed by atoms with Gasteiger partial charge in [-0.3, -0.25) is 0 Å². The smallest absolute Gasteiger partial charge is 0.147 e. The van der Waals surface area contributed by atoms with Crippen LogP contribution in [0.5, 0.6) is 0 Å². The van der Waals surface area contributed by atoms with Crippen molar-refractivity contribution in [1.29, 1.82) is 5.26 Å². The Labute approximate surface area is 95.3 Å². The molecule has 0 aliphatic rings. The second-order valence-corrected chi connectivity index (χ2v) is 3.48. The number of nitrogens with one attached hydrogen (secondary N) is 2. The average molecular weight is 221 g/mol. The molecule has 0 amide bonds. The summed E-state index contributed by atoms with van der Waals surface area (Å²) in [6.07, 6.45) is 1.09. The molecule has 0 heterocycles. The minimum absolute atomic E-state index is 0.340. The molecule has 0 saturated carbocycles. The molecule has 0 radical (unpaired) electrons. The molecule has 0 aromatic heterocycles. The first-order valence-corrected chi connectivity index (χ1v) is 5.42. The molecule has 4 heteroatoms. The molecule has 0 aliphatic carbocycles. The number of anilines is 1. The van der Waals surface area contributed by atoms with Crippen molar-refractivity contribution in [2.45, 2.75) is 13.3 Å². The van der Waals surface area contributed by atoms with Crippen LogP contribution in [0.4, 0.5) is 10.1 Å². The van der Waals surface area contributed by atoms with Gasteiger partial charge in [-0.15, -0.1) is 0 Å². The summed E-state index contributed by atoms with van der Waals surface area (Å²) in [7, 11) is 0. The predicted molar refractivity (Wildman–Crippen MR) is 62.8 cm³/mol.